The summed E-state index contributed by atoms with van der Waals surface area (Å²) in [5.74, 6) is 0. The van der Waals surface area contributed by atoms with Gasteiger partial charge in [0.1, 0.15) is 0 Å². The lowest BCUT2D eigenvalue weighted by Crippen LogP contribution is -2.48. The van der Waals surface area contributed by atoms with Crippen molar-refractivity contribution in [1.82, 2.24) is 10.6 Å². The van der Waals surface area contributed by atoms with Gasteiger partial charge in [0.15, 0.2) is 0 Å². The van der Waals surface area contributed by atoms with Crippen LogP contribution in [0.25, 0.3) is 0 Å². The molecule has 128 valence electrons. The summed E-state index contributed by atoms with van der Waals surface area (Å²) in [6, 6.07) is -0.689. The molecule has 22 heavy (non-hydrogen) atoms. The highest BCUT2D eigenvalue weighted by molar-refractivity contribution is 5.69. The van der Waals surface area contributed by atoms with Crippen LogP contribution in [0.5, 0.6) is 0 Å². The molecule has 1 unspecified atom stereocenters. The molecule has 1 aliphatic carbocycles. The summed E-state index contributed by atoms with van der Waals surface area (Å²) < 4.78 is 10.1. The van der Waals surface area contributed by atoms with Crippen molar-refractivity contribution in [2.24, 2.45) is 0 Å². The van der Waals surface area contributed by atoms with Crippen LogP contribution in [0.15, 0.2) is 0 Å². The normalized spacial score (nSPS) is 23.9. The Labute approximate surface area is 131 Å². The molecule has 3 N–H and O–H groups in total. The predicted molar refractivity (Wildman–Crippen MR) is 81.6 cm³/mol. The molecule has 1 rings (SSSR count). The Hall–Kier alpha value is -1.50. The second-order valence-corrected chi connectivity index (χ2v) is 5.61. The lowest BCUT2D eigenvalue weighted by Gasteiger charge is -2.21. The molecule has 0 heterocycles. The fourth-order valence-corrected chi connectivity index (χ4v) is 2.33. The second kappa shape index (κ2) is 10.3. The highest BCUT2D eigenvalue weighted by atomic mass is 16.6. The molecular formula is C15H28N2O5. The molecule has 1 aliphatic rings. The maximum Gasteiger partial charge on any atom is 0.407 e. The number of ether oxygens (including phenoxy) is 2. The molecule has 0 bridgehead atoms. The average Bonchev–Trinajstić information content (AvgIpc) is 2.79. The number of aliphatic hydroxyl groups excluding tert-OH is 1. The van der Waals surface area contributed by atoms with Crippen molar-refractivity contribution in [2.45, 2.75) is 70.6 Å². The third kappa shape index (κ3) is 6.98. The summed E-state index contributed by atoms with van der Waals surface area (Å²) >= 11 is 0. The van der Waals surface area contributed by atoms with Crippen LogP contribution in [0, 0.1) is 0 Å². The van der Waals surface area contributed by atoms with Crippen molar-refractivity contribution in [1.29, 1.82) is 0 Å². The quantitative estimate of drug-likeness (QED) is 0.595. The molecule has 2 amide bonds. The fraction of sp³-hybridized carbons (Fsp3) is 0.867. The first-order valence-corrected chi connectivity index (χ1v) is 8.11. The van der Waals surface area contributed by atoms with Gasteiger partial charge in [0, 0.05) is 0 Å². The number of unbranched alkanes of at least 4 members (excludes halogenated alkanes) is 2. The van der Waals surface area contributed by atoms with Gasteiger partial charge < -0.3 is 25.2 Å². The Morgan fingerprint density at radius 1 is 0.955 bits per heavy atom. The van der Waals surface area contributed by atoms with E-state index in [-0.39, 0.29) is 12.1 Å². The number of hydrogen-bond acceptors (Lipinski definition) is 5. The summed E-state index contributed by atoms with van der Waals surface area (Å²) in [7, 11) is 0. The number of nitrogens with one attached hydrogen (secondary N) is 2. The van der Waals surface area contributed by atoms with Crippen LogP contribution in [0.2, 0.25) is 0 Å². The van der Waals surface area contributed by atoms with E-state index in [1.807, 2.05) is 13.8 Å². The minimum atomic E-state index is -0.554. The molecule has 1 saturated carbocycles. The van der Waals surface area contributed by atoms with Crippen LogP contribution in [0.3, 0.4) is 0 Å². The van der Waals surface area contributed by atoms with Crippen LogP contribution in [0.4, 0.5) is 9.59 Å². The molecule has 0 aromatic carbocycles. The van der Waals surface area contributed by atoms with Gasteiger partial charge in [-0.25, -0.2) is 9.59 Å². The summed E-state index contributed by atoms with van der Waals surface area (Å²) in [6.45, 7) is 4.76. The molecule has 1 fully saturated rings. The lowest BCUT2D eigenvalue weighted by molar-refractivity contribution is 0.131. The zero-order valence-corrected chi connectivity index (χ0v) is 13.5. The number of aliphatic hydroxyl groups is 1. The highest BCUT2D eigenvalue weighted by Gasteiger charge is 2.35. The highest BCUT2D eigenvalue weighted by Crippen LogP contribution is 2.20. The third-order valence-electron chi connectivity index (χ3n) is 3.61. The van der Waals surface area contributed by atoms with Gasteiger partial charge in [-0.15, -0.1) is 0 Å². The molecule has 0 radical (unpaired) electrons. The summed E-state index contributed by atoms with van der Waals surface area (Å²) in [5.41, 5.74) is 0. The van der Waals surface area contributed by atoms with Crippen molar-refractivity contribution in [3.05, 3.63) is 0 Å². The van der Waals surface area contributed by atoms with Crippen LogP contribution in [-0.2, 0) is 9.47 Å². The molecule has 0 aliphatic heterocycles. The van der Waals surface area contributed by atoms with E-state index in [9.17, 15) is 14.7 Å². The van der Waals surface area contributed by atoms with E-state index in [0.717, 1.165) is 25.7 Å². The van der Waals surface area contributed by atoms with Gasteiger partial charge in [0.2, 0.25) is 0 Å². The van der Waals surface area contributed by atoms with Crippen LogP contribution in [-0.4, -0.2) is 48.7 Å². The molecule has 0 aromatic heterocycles. The van der Waals surface area contributed by atoms with Gasteiger partial charge in [-0.1, -0.05) is 26.7 Å². The van der Waals surface area contributed by atoms with Crippen molar-refractivity contribution in [3.63, 3.8) is 0 Å². The zero-order valence-electron chi connectivity index (χ0n) is 13.5. The second-order valence-electron chi connectivity index (χ2n) is 5.61. The maximum atomic E-state index is 11.7. The Bertz CT molecular complexity index is 319. The van der Waals surface area contributed by atoms with E-state index in [2.05, 4.69) is 10.6 Å². The first kappa shape index (κ1) is 18.5. The average molecular weight is 316 g/mol. The van der Waals surface area contributed by atoms with Crippen LogP contribution >= 0.6 is 0 Å². The largest absolute Gasteiger partial charge is 0.450 e. The van der Waals surface area contributed by atoms with Gasteiger partial charge in [-0.3, -0.25) is 0 Å². The Morgan fingerprint density at radius 3 is 1.73 bits per heavy atom. The van der Waals surface area contributed by atoms with E-state index >= 15 is 0 Å². The van der Waals surface area contributed by atoms with E-state index in [1.54, 1.807) is 0 Å². The number of rotatable bonds is 8. The SMILES string of the molecule is CCCCOC(=O)N[C@H]1CC(O)C[C@H]1NC(=O)OCCCC. The van der Waals surface area contributed by atoms with E-state index in [0.29, 0.717) is 26.1 Å². The fourth-order valence-electron chi connectivity index (χ4n) is 2.33. The number of carbonyl (C=O) groups excluding carboxylic acids is 2. The lowest BCUT2D eigenvalue weighted by atomic mass is 10.2. The van der Waals surface area contributed by atoms with E-state index in [1.165, 1.54) is 0 Å². The van der Waals surface area contributed by atoms with E-state index in [4.69, 9.17) is 9.47 Å². The minimum Gasteiger partial charge on any atom is -0.450 e. The predicted octanol–water partition coefficient (Wildman–Crippen LogP) is 1.93. The molecular weight excluding hydrogens is 288 g/mol. The number of amides is 2. The zero-order chi connectivity index (χ0) is 16.4. The molecule has 0 saturated heterocycles. The maximum absolute atomic E-state index is 11.7. The Kier molecular flexibility index (Phi) is 8.65. The van der Waals surface area contributed by atoms with Gasteiger partial charge in [0.25, 0.3) is 0 Å². The van der Waals surface area contributed by atoms with Crippen molar-refractivity contribution in [3.8, 4) is 0 Å². The van der Waals surface area contributed by atoms with Crippen molar-refractivity contribution >= 4 is 12.2 Å². The van der Waals surface area contributed by atoms with Crippen molar-refractivity contribution in [2.75, 3.05) is 13.2 Å². The standard InChI is InChI=1S/C15H28N2O5/c1-3-5-7-21-14(19)16-12-9-11(18)10-13(12)17-15(20)22-8-6-4-2/h11-13,18H,3-10H2,1-2H3,(H,16,19)(H,17,20)/t11?,12-,13+. The first-order valence-electron chi connectivity index (χ1n) is 8.11. The third-order valence-corrected chi connectivity index (χ3v) is 3.61. The number of hydrogen-bond donors (Lipinski definition) is 3. The number of carbonyl (C=O) groups is 2. The molecule has 7 heteroatoms. The summed E-state index contributed by atoms with van der Waals surface area (Å²) in [5, 5.41) is 15.1. The minimum absolute atomic E-state index is 0.345. The Balaban J connectivity index is 2.37. The van der Waals surface area contributed by atoms with Gasteiger partial charge in [-0.2, -0.15) is 0 Å². The smallest absolute Gasteiger partial charge is 0.407 e. The molecule has 7 nitrogen and oxygen atoms in total. The van der Waals surface area contributed by atoms with Crippen LogP contribution < -0.4 is 10.6 Å². The molecule has 0 aromatic rings. The van der Waals surface area contributed by atoms with Gasteiger partial charge in [0.05, 0.1) is 31.4 Å². The van der Waals surface area contributed by atoms with Gasteiger partial charge in [-0.05, 0) is 25.7 Å². The van der Waals surface area contributed by atoms with E-state index < -0.39 is 18.3 Å². The molecule has 3 atom stereocenters. The topological polar surface area (TPSA) is 96.9 Å². The Morgan fingerprint density at radius 2 is 1.36 bits per heavy atom. The monoisotopic (exact) mass is 316 g/mol. The van der Waals surface area contributed by atoms with Crippen molar-refractivity contribution < 1.29 is 24.2 Å². The molecule has 0 spiro atoms. The summed E-state index contributed by atoms with van der Waals surface area (Å²) in [6.07, 6.45) is 2.72. The first-order chi connectivity index (χ1) is 10.6. The van der Waals surface area contributed by atoms with Crippen LogP contribution in [0.1, 0.15) is 52.4 Å². The number of alkyl carbamates (subject to hydrolysis) is 2. The van der Waals surface area contributed by atoms with Gasteiger partial charge >= 0.3 is 12.2 Å². The summed E-state index contributed by atoms with van der Waals surface area (Å²) in [4.78, 5) is 23.3.